The van der Waals surface area contributed by atoms with Gasteiger partial charge in [-0.2, -0.15) is 0 Å². The van der Waals surface area contributed by atoms with Gasteiger partial charge in [0.05, 0.1) is 0 Å². The van der Waals surface area contributed by atoms with Gasteiger partial charge in [0, 0.05) is 25.5 Å². The fraction of sp³-hybridized carbons (Fsp3) is 0.500. The number of hydrogen-bond donors (Lipinski definition) is 1. The summed E-state index contributed by atoms with van der Waals surface area (Å²) in [6, 6.07) is 6.94. The third-order valence-corrected chi connectivity index (χ3v) is 4.29. The summed E-state index contributed by atoms with van der Waals surface area (Å²) in [7, 11) is 3.92. The quantitative estimate of drug-likeness (QED) is 0.914. The Morgan fingerprint density at radius 1 is 1.24 bits per heavy atom. The predicted octanol–water partition coefficient (Wildman–Crippen LogP) is 1.38. The lowest BCUT2D eigenvalue weighted by molar-refractivity contribution is -0.133. The minimum Gasteiger partial charge on any atom is -0.378 e. The summed E-state index contributed by atoms with van der Waals surface area (Å²) in [4.78, 5) is 28.5. The Morgan fingerprint density at radius 2 is 1.95 bits per heavy atom. The number of piperazine rings is 1. The van der Waals surface area contributed by atoms with E-state index in [1.807, 2.05) is 43.3 Å². The van der Waals surface area contributed by atoms with Crippen molar-refractivity contribution in [3.63, 3.8) is 0 Å². The highest BCUT2D eigenvalue weighted by Gasteiger charge is 2.46. The van der Waals surface area contributed by atoms with E-state index >= 15 is 0 Å². The second-order valence-corrected chi connectivity index (χ2v) is 6.12. The van der Waals surface area contributed by atoms with Crippen molar-refractivity contribution in [1.82, 2.24) is 5.32 Å². The van der Waals surface area contributed by atoms with Gasteiger partial charge in [-0.25, -0.2) is 0 Å². The van der Waals surface area contributed by atoms with Crippen molar-refractivity contribution in [1.29, 1.82) is 0 Å². The van der Waals surface area contributed by atoms with Gasteiger partial charge >= 0.3 is 0 Å². The van der Waals surface area contributed by atoms with E-state index in [0.29, 0.717) is 5.92 Å². The third-order valence-electron chi connectivity index (χ3n) is 4.29. The van der Waals surface area contributed by atoms with Crippen molar-refractivity contribution in [3.8, 4) is 0 Å². The lowest BCUT2D eigenvalue weighted by Crippen LogP contribution is -2.63. The topological polar surface area (TPSA) is 52.7 Å². The number of amides is 2. The van der Waals surface area contributed by atoms with Crippen LogP contribution in [0.2, 0.25) is 0 Å². The van der Waals surface area contributed by atoms with Crippen LogP contribution in [-0.4, -0.2) is 38.0 Å². The molecule has 0 bridgehead atoms. The Balaban J connectivity index is 1.95. The van der Waals surface area contributed by atoms with E-state index in [-0.39, 0.29) is 17.9 Å². The summed E-state index contributed by atoms with van der Waals surface area (Å²) < 4.78 is 0. The molecule has 2 aliphatic rings. The first-order chi connectivity index (χ1) is 9.99. The summed E-state index contributed by atoms with van der Waals surface area (Å²) in [5.74, 6) is 0.260. The molecule has 1 aliphatic heterocycles. The van der Waals surface area contributed by atoms with Crippen molar-refractivity contribution in [2.45, 2.75) is 31.8 Å². The summed E-state index contributed by atoms with van der Waals surface area (Å²) >= 11 is 0. The maximum Gasteiger partial charge on any atom is 0.250 e. The van der Waals surface area contributed by atoms with Crippen LogP contribution >= 0.6 is 0 Å². The molecule has 1 heterocycles. The van der Waals surface area contributed by atoms with Gasteiger partial charge in [0.15, 0.2) is 0 Å². The third kappa shape index (κ3) is 2.48. The normalized spacial score (nSPS) is 25.8. The largest absolute Gasteiger partial charge is 0.378 e. The number of hydrogen-bond acceptors (Lipinski definition) is 3. The molecule has 0 spiro atoms. The average molecular weight is 287 g/mol. The van der Waals surface area contributed by atoms with Gasteiger partial charge in [-0.3, -0.25) is 14.5 Å². The molecule has 2 unspecified atom stereocenters. The zero-order valence-corrected chi connectivity index (χ0v) is 12.7. The number of nitrogens with zero attached hydrogens (tertiary/aromatic N) is 2. The highest BCUT2D eigenvalue weighted by atomic mass is 16.2. The van der Waals surface area contributed by atoms with E-state index in [9.17, 15) is 9.59 Å². The van der Waals surface area contributed by atoms with E-state index < -0.39 is 6.04 Å². The lowest BCUT2D eigenvalue weighted by atomic mass is 10.0. The van der Waals surface area contributed by atoms with Gasteiger partial charge in [0.1, 0.15) is 12.1 Å². The first-order valence-corrected chi connectivity index (χ1v) is 7.40. The zero-order chi connectivity index (χ0) is 15.1. The maximum atomic E-state index is 12.7. The van der Waals surface area contributed by atoms with E-state index in [0.717, 1.165) is 24.2 Å². The van der Waals surface area contributed by atoms with Crippen molar-refractivity contribution in [2.75, 3.05) is 23.9 Å². The number of anilines is 2. The molecule has 1 aromatic rings. The fourth-order valence-corrected chi connectivity index (χ4v) is 2.81. The SMILES string of the molecule is CC1C(=O)NC(C2CC2)C(=O)N1c1cccc(N(C)C)c1. The molecule has 112 valence electrons. The van der Waals surface area contributed by atoms with E-state index in [4.69, 9.17) is 0 Å². The minimum atomic E-state index is -0.468. The number of benzene rings is 1. The Morgan fingerprint density at radius 3 is 2.57 bits per heavy atom. The van der Waals surface area contributed by atoms with Crippen LogP contribution in [0, 0.1) is 5.92 Å². The molecular formula is C16H21N3O2. The molecule has 0 radical (unpaired) electrons. The summed E-state index contributed by atoms with van der Waals surface area (Å²) in [5, 5.41) is 2.87. The first-order valence-electron chi connectivity index (χ1n) is 7.40. The van der Waals surface area contributed by atoms with Crippen molar-refractivity contribution in [3.05, 3.63) is 24.3 Å². The number of rotatable bonds is 3. The van der Waals surface area contributed by atoms with Gasteiger partial charge in [-0.1, -0.05) is 6.07 Å². The molecule has 1 saturated carbocycles. The van der Waals surface area contributed by atoms with Crippen LogP contribution in [0.15, 0.2) is 24.3 Å². The van der Waals surface area contributed by atoms with Crippen LogP contribution in [0.1, 0.15) is 19.8 Å². The molecule has 1 saturated heterocycles. The van der Waals surface area contributed by atoms with Crippen molar-refractivity contribution in [2.24, 2.45) is 5.92 Å². The van der Waals surface area contributed by atoms with Gasteiger partial charge < -0.3 is 10.2 Å². The molecule has 5 heteroatoms. The molecule has 1 N–H and O–H groups in total. The smallest absolute Gasteiger partial charge is 0.250 e. The van der Waals surface area contributed by atoms with Crippen molar-refractivity contribution < 1.29 is 9.59 Å². The highest BCUT2D eigenvalue weighted by Crippen LogP contribution is 2.36. The maximum absolute atomic E-state index is 12.7. The second kappa shape index (κ2) is 5.06. The van der Waals surface area contributed by atoms with Crippen LogP contribution in [-0.2, 0) is 9.59 Å². The first kappa shape index (κ1) is 13.9. The zero-order valence-electron chi connectivity index (χ0n) is 12.7. The summed E-state index contributed by atoms with van der Waals surface area (Å²) in [6.45, 7) is 1.78. The summed E-state index contributed by atoms with van der Waals surface area (Å²) in [5.41, 5.74) is 1.81. The van der Waals surface area contributed by atoms with Crippen LogP contribution in [0.4, 0.5) is 11.4 Å². The second-order valence-electron chi connectivity index (χ2n) is 6.12. The molecule has 3 rings (SSSR count). The Labute approximate surface area is 124 Å². The molecule has 0 aromatic heterocycles. The summed E-state index contributed by atoms with van der Waals surface area (Å²) in [6.07, 6.45) is 2.05. The van der Waals surface area contributed by atoms with Crippen LogP contribution in [0.3, 0.4) is 0 Å². The molecule has 2 amide bonds. The van der Waals surface area contributed by atoms with Crippen LogP contribution in [0.5, 0.6) is 0 Å². The van der Waals surface area contributed by atoms with Gasteiger partial charge in [0.2, 0.25) is 5.91 Å². The Kier molecular flexibility index (Phi) is 3.35. The van der Waals surface area contributed by atoms with Crippen molar-refractivity contribution >= 4 is 23.2 Å². The molecule has 1 aromatic carbocycles. The van der Waals surface area contributed by atoms with Gasteiger partial charge in [-0.15, -0.1) is 0 Å². The van der Waals surface area contributed by atoms with Crippen LogP contribution < -0.4 is 15.1 Å². The number of carbonyl (C=O) groups is 2. The average Bonchev–Trinajstić information content (AvgIpc) is 3.28. The highest BCUT2D eigenvalue weighted by molar-refractivity contribution is 6.08. The Bertz CT molecular complexity index is 581. The molecular weight excluding hydrogens is 266 g/mol. The van der Waals surface area contributed by atoms with E-state index in [2.05, 4.69) is 5.32 Å². The molecule has 2 atom stereocenters. The fourth-order valence-electron chi connectivity index (χ4n) is 2.81. The van der Waals surface area contributed by atoms with Gasteiger partial charge in [-0.05, 0) is 43.9 Å². The molecule has 21 heavy (non-hydrogen) atoms. The van der Waals surface area contributed by atoms with Crippen LogP contribution in [0.25, 0.3) is 0 Å². The predicted molar refractivity (Wildman–Crippen MR) is 82.4 cm³/mol. The lowest BCUT2D eigenvalue weighted by Gasteiger charge is -2.37. The van der Waals surface area contributed by atoms with E-state index in [1.54, 1.807) is 11.8 Å². The van der Waals surface area contributed by atoms with E-state index in [1.165, 1.54) is 0 Å². The molecule has 5 nitrogen and oxygen atoms in total. The van der Waals surface area contributed by atoms with Gasteiger partial charge in [0.25, 0.3) is 5.91 Å². The molecule has 1 aliphatic carbocycles. The minimum absolute atomic E-state index is 0.0144. The monoisotopic (exact) mass is 287 g/mol. The Hall–Kier alpha value is -2.04. The number of carbonyl (C=O) groups excluding carboxylic acids is 2. The number of nitrogens with one attached hydrogen (secondary N) is 1. The standard InChI is InChI=1S/C16H21N3O2/c1-10-15(20)17-14(11-7-8-11)16(21)19(10)13-6-4-5-12(9-13)18(2)3/h4-6,9-11,14H,7-8H2,1-3H3,(H,17,20). The molecule has 2 fully saturated rings.